The van der Waals surface area contributed by atoms with Crippen LogP contribution in [-0.4, -0.2) is 38.0 Å². The van der Waals surface area contributed by atoms with Crippen LogP contribution < -0.4 is 16.0 Å². The van der Waals surface area contributed by atoms with Crippen LogP contribution in [0.4, 0.5) is 0 Å². The van der Waals surface area contributed by atoms with Gasteiger partial charge in [0.15, 0.2) is 5.96 Å². The summed E-state index contributed by atoms with van der Waals surface area (Å²) in [4.78, 5) is 16.4. The van der Waals surface area contributed by atoms with Gasteiger partial charge >= 0.3 is 0 Å². The zero-order valence-corrected chi connectivity index (χ0v) is 15.6. The Bertz CT molecular complexity index is 547. The maximum atomic E-state index is 12.0. The van der Waals surface area contributed by atoms with Crippen molar-refractivity contribution in [3.8, 4) is 0 Å². The second-order valence-electron chi connectivity index (χ2n) is 6.84. The number of benzene rings is 1. The summed E-state index contributed by atoms with van der Waals surface area (Å²) in [5, 5.41) is 9.57. The van der Waals surface area contributed by atoms with E-state index in [-0.39, 0.29) is 12.5 Å². The molecule has 1 aliphatic rings. The molecule has 138 valence electrons. The molecule has 0 spiro atoms. The first kappa shape index (κ1) is 19.3. The molecule has 25 heavy (non-hydrogen) atoms. The number of hydrogen-bond donors (Lipinski definition) is 3. The predicted octanol–water partition coefficient (Wildman–Crippen LogP) is 2.48. The Hall–Kier alpha value is -2.04. The SMILES string of the molecule is CCNC(=NCC(=O)NCCc1ccccc1)NCC1(CC)CCC1. The van der Waals surface area contributed by atoms with Gasteiger partial charge in [-0.2, -0.15) is 0 Å². The number of rotatable bonds is 9. The molecular weight excluding hydrogens is 312 g/mol. The summed E-state index contributed by atoms with van der Waals surface area (Å²) in [7, 11) is 0. The van der Waals surface area contributed by atoms with Crippen LogP contribution in [0.25, 0.3) is 0 Å². The van der Waals surface area contributed by atoms with Gasteiger partial charge in [-0.3, -0.25) is 4.79 Å². The number of nitrogens with one attached hydrogen (secondary N) is 3. The van der Waals surface area contributed by atoms with E-state index >= 15 is 0 Å². The highest BCUT2D eigenvalue weighted by Gasteiger charge is 2.34. The van der Waals surface area contributed by atoms with Gasteiger partial charge in [0.05, 0.1) is 0 Å². The molecule has 5 heteroatoms. The number of nitrogens with zero attached hydrogens (tertiary/aromatic N) is 1. The normalized spacial score (nSPS) is 16.0. The maximum absolute atomic E-state index is 12.0. The minimum atomic E-state index is -0.0398. The van der Waals surface area contributed by atoms with Crippen molar-refractivity contribution >= 4 is 11.9 Å². The Balaban J connectivity index is 1.72. The monoisotopic (exact) mass is 344 g/mol. The summed E-state index contributed by atoms with van der Waals surface area (Å²) in [5.74, 6) is 0.697. The van der Waals surface area contributed by atoms with E-state index in [4.69, 9.17) is 0 Å². The van der Waals surface area contributed by atoms with Crippen LogP contribution in [0.15, 0.2) is 35.3 Å². The summed E-state index contributed by atoms with van der Waals surface area (Å²) >= 11 is 0. The Labute approximate surface area is 151 Å². The third kappa shape index (κ3) is 6.40. The molecule has 0 heterocycles. The summed E-state index contributed by atoms with van der Waals surface area (Å²) in [6, 6.07) is 10.2. The van der Waals surface area contributed by atoms with Crippen molar-refractivity contribution in [2.24, 2.45) is 10.4 Å². The van der Waals surface area contributed by atoms with E-state index in [0.717, 1.165) is 25.5 Å². The first-order valence-electron chi connectivity index (χ1n) is 9.50. The largest absolute Gasteiger partial charge is 0.357 e. The minimum absolute atomic E-state index is 0.0398. The molecule has 0 saturated heterocycles. The van der Waals surface area contributed by atoms with Gasteiger partial charge < -0.3 is 16.0 Å². The minimum Gasteiger partial charge on any atom is -0.357 e. The third-order valence-electron chi connectivity index (χ3n) is 5.10. The Morgan fingerprint density at radius 1 is 1.12 bits per heavy atom. The van der Waals surface area contributed by atoms with E-state index in [1.165, 1.54) is 31.2 Å². The average Bonchev–Trinajstić information content (AvgIpc) is 2.60. The van der Waals surface area contributed by atoms with Crippen molar-refractivity contribution in [1.82, 2.24) is 16.0 Å². The molecular formula is C20H32N4O. The van der Waals surface area contributed by atoms with Crippen molar-refractivity contribution in [3.63, 3.8) is 0 Å². The van der Waals surface area contributed by atoms with E-state index in [9.17, 15) is 4.79 Å². The molecule has 2 rings (SSSR count). The van der Waals surface area contributed by atoms with Crippen molar-refractivity contribution < 1.29 is 4.79 Å². The highest BCUT2D eigenvalue weighted by atomic mass is 16.1. The van der Waals surface area contributed by atoms with Crippen LogP contribution >= 0.6 is 0 Å². The molecule has 0 unspecified atom stereocenters. The van der Waals surface area contributed by atoms with Crippen molar-refractivity contribution in [2.45, 2.75) is 46.0 Å². The molecule has 1 aliphatic carbocycles. The van der Waals surface area contributed by atoms with Crippen LogP contribution in [-0.2, 0) is 11.2 Å². The molecule has 0 aliphatic heterocycles. The molecule has 1 fully saturated rings. The Morgan fingerprint density at radius 2 is 1.88 bits per heavy atom. The number of amides is 1. The Kier molecular flexibility index (Phi) is 7.76. The van der Waals surface area contributed by atoms with E-state index in [0.29, 0.717) is 12.0 Å². The van der Waals surface area contributed by atoms with Gasteiger partial charge in [-0.15, -0.1) is 0 Å². The van der Waals surface area contributed by atoms with E-state index in [2.05, 4.69) is 40.0 Å². The number of guanidine groups is 1. The summed E-state index contributed by atoms with van der Waals surface area (Å²) in [6.45, 7) is 6.82. The zero-order chi connectivity index (χ0) is 18.0. The second-order valence-corrected chi connectivity index (χ2v) is 6.84. The fraction of sp³-hybridized carbons (Fsp3) is 0.600. The molecule has 3 N–H and O–H groups in total. The third-order valence-corrected chi connectivity index (χ3v) is 5.10. The Morgan fingerprint density at radius 3 is 2.48 bits per heavy atom. The number of carbonyl (C=O) groups excluding carboxylic acids is 1. The lowest BCUT2D eigenvalue weighted by Crippen LogP contribution is -2.46. The number of carbonyl (C=O) groups is 1. The average molecular weight is 345 g/mol. The molecule has 1 saturated carbocycles. The van der Waals surface area contributed by atoms with Gasteiger partial charge in [0, 0.05) is 19.6 Å². The van der Waals surface area contributed by atoms with Gasteiger partial charge in [0.2, 0.25) is 5.91 Å². The molecule has 1 aromatic carbocycles. The molecule has 5 nitrogen and oxygen atoms in total. The van der Waals surface area contributed by atoms with E-state index in [1.807, 2.05) is 25.1 Å². The van der Waals surface area contributed by atoms with Crippen molar-refractivity contribution in [2.75, 3.05) is 26.2 Å². The van der Waals surface area contributed by atoms with Crippen LogP contribution in [0, 0.1) is 5.41 Å². The van der Waals surface area contributed by atoms with Gasteiger partial charge in [0.25, 0.3) is 0 Å². The lowest BCUT2D eigenvalue weighted by atomic mass is 9.67. The van der Waals surface area contributed by atoms with Gasteiger partial charge in [-0.25, -0.2) is 4.99 Å². The lowest BCUT2D eigenvalue weighted by Gasteiger charge is -2.41. The van der Waals surface area contributed by atoms with Crippen LogP contribution in [0.5, 0.6) is 0 Å². The van der Waals surface area contributed by atoms with Crippen LogP contribution in [0.1, 0.15) is 45.1 Å². The first-order valence-corrected chi connectivity index (χ1v) is 9.50. The quantitative estimate of drug-likeness (QED) is 0.476. The molecule has 0 bridgehead atoms. The fourth-order valence-corrected chi connectivity index (χ4v) is 3.14. The highest BCUT2D eigenvalue weighted by Crippen LogP contribution is 2.42. The summed E-state index contributed by atoms with van der Waals surface area (Å²) in [6.07, 6.45) is 5.94. The van der Waals surface area contributed by atoms with E-state index < -0.39 is 0 Å². The van der Waals surface area contributed by atoms with E-state index in [1.54, 1.807) is 0 Å². The van der Waals surface area contributed by atoms with Crippen LogP contribution in [0.2, 0.25) is 0 Å². The topological polar surface area (TPSA) is 65.5 Å². The molecule has 0 aromatic heterocycles. The smallest absolute Gasteiger partial charge is 0.241 e. The predicted molar refractivity (Wildman–Crippen MR) is 104 cm³/mol. The number of aliphatic imine (C=N–C) groups is 1. The maximum Gasteiger partial charge on any atom is 0.241 e. The lowest BCUT2D eigenvalue weighted by molar-refractivity contribution is -0.119. The fourth-order valence-electron chi connectivity index (χ4n) is 3.14. The van der Waals surface area contributed by atoms with Crippen molar-refractivity contribution in [1.29, 1.82) is 0 Å². The first-order chi connectivity index (χ1) is 12.2. The number of hydrogen-bond acceptors (Lipinski definition) is 2. The molecule has 0 atom stereocenters. The second kappa shape index (κ2) is 10.1. The van der Waals surface area contributed by atoms with Crippen molar-refractivity contribution in [3.05, 3.63) is 35.9 Å². The van der Waals surface area contributed by atoms with Gasteiger partial charge in [0.1, 0.15) is 6.54 Å². The standard InChI is InChI=1S/C20H32N4O/c1-3-20(12-8-13-20)16-24-19(21-4-2)23-15-18(25)22-14-11-17-9-6-5-7-10-17/h5-7,9-10H,3-4,8,11-16H2,1-2H3,(H,22,25)(H2,21,23,24). The highest BCUT2D eigenvalue weighted by molar-refractivity contribution is 5.84. The van der Waals surface area contributed by atoms with Gasteiger partial charge in [-0.05, 0) is 43.6 Å². The summed E-state index contributed by atoms with van der Waals surface area (Å²) < 4.78 is 0. The molecule has 1 amide bonds. The molecule has 1 aromatic rings. The zero-order valence-electron chi connectivity index (χ0n) is 15.6. The summed E-state index contributed by atoms with van der Waals surface area (Å²) in [5.41, 5.74) is 1.65. The van der Waals surface area contributed by atoms with Crippen LogP contribution in [0.3, 0.4) is 0 Å². The molecule has 0 radical (unpaired) electrons. The van der Waals surface area contributed by atoms with Gasteiger partial charge in [-0.1, -0.05) is 43.7 Å².